The summed E-state index contributed by atoms with van der Waals surface area (Å²) in [5.41, 5.74) is 4.14. The largest absolute Gasteiger partial charge is 0.497 e. The van der Waals surface area contributed by atoms with Gasteiger partial charge in [0.1, 0.15) is 16.9 Å². The van der Waals surface area contributed by atoms with E-state index < -0.39 is 0 Å². The third kappa shape index (κ3) is 2.67. The zero-order chi connectivity index (χ0) is 19.1. The van der Waals surface area contributed by atoms with Crippen LogP contribution in [0, 0.1) is 0 Å². The fourth-order valence-electron chi connectivity index (χ4n) is 3.48. The van der Waals surface area contributed by atoms with Crippen molar-refractivity contribution in [3.8, 4) is 28.0 Å². The maximum atomic E-state index is 12.5. The molecular weight excluding hydrogens is 352 g/mol. The smallest absolute Gasteiger partial charge is 0.344 e. The van der Waals surface area contributed by atoms with Gasteiger partial charge in [0.25, 0.3) is 0 Å². The Balaban J connectivity index is 1.73. The van der Waals surface area contributed by atoms with Crippen LogP contribution in [0.25, 0.3) is 44.2 Å². The van der Waals surface area contributed by atoms with Crippen molar-refractivity contribution in [3.63, 3.8) is 0 Å². The Morgan fingerprint density at radius 3 is 2.43 bits per heavy atom. The molecule has 0 radical (unpaired) electrons. The van der Waals surface area contributed by atoms with E-state index in [9.17, 15) is 4.79 Å². The lowest BCUT2D eigenvalue weighted by atomic mass is 10.0. The van der Waals surface area contributed by atoms with Gasteiger partial charge in [0.2, 0.25) is 0 Å². The van der Waals surface area contributed by atoms with Crippen LogP contribution in [0.15, 0.2) is 92.7 Å². The summed E-state index contributed by atoms with van der Waals surface area (Å²) in [7, 11) is 1.65. The Morgan fingerprint density at radius 2 is 1.61 bits per heavy atom. The van der Waals surface area contributed by atoms with Crippen molar-refractivity contribution in [2.75, 3.05) is 7.11 Å². The molecule has 0 fully saturated rings. The average molecular weight is 368 g/mol. The lowest BCUT2D eigenvalue weighted by Gasteiger charge is -2.05. The number of hydrogen-bond donors (Lipinski definition) is 0. The Kier molecular flexibility index (Phi) is 3.76. The molecule has 0 N–H and O–H groups in total. The van der Waals surface area contributed by atoms with Gasteiger partial charge in [0.05, 0.1) is 18.9 Å². The number of rotatable bonds is 3. The molecule has 0 atom stereocenters. The van der Waals surface area contributed by atoms with E-state index >= 15 is 0 Å². The molecule has 28 heavy (non-hydrogen) atoms. The fourth-order valence-corrected chi connectivity index (χ4v) is 3.48. The van der Waals surface area contributed by atoms with E-state index in [-0.39, 0.29) is 5.63 Å². The molecule has 0 saturated heterocycles. The second kappa shape index (κ2) is 6.43. The van der Waals surface area contributed by atoms with Gasteiger partial charge in [0, 0.05) is 22.4 Å². The number of benzene rings is 3. The minimum atomic E-state index is -0.363. The summed E-state index contributed by atoms with van der Waals surface area (Å²) in [6.45, 7) is 0. The number of furan rings is 1. The third-order valence-electron chi connectivity index (χ3n) is 4.89. The molecule has 3 aromatic carbocycles. The lowest BCUT2D eigenvalue weighted by Crippen LogP contribution is -2.02. The first-order valence-corrected chi connectivity index (χ1v) is 8.92. The molecule has 4 heteroatoms. The van der Waals surface area contributed by atoms with Crippen LogP contribution in [-0.2, 0) is 0 Å². The maximum Gasteiger partial charge on any atom is 0.344 e. The van der Waals surface area contributed by atoms with Crippen molar-refractivity contribution in [1.82, 2.24) is 0 Å². The standard InChI is InChI=1S/C24H16O4/c1-26-18-9-5-8-16(10-18)21-14-27-23-13-22-17(12-20(21)23)11-19(24(25)28-22)15-6-3-2-4-7-15/h2-14H,1H3. The average Bonchev–Trinajstić information content (AvgIpc) is 3.15. The first-order valence-electron chi connectivity index (χ1n) is 8.92. The lowest BCUT2D eigenvalue weighted by molar-refractivity contribution is 0.415. The Bertz CT molecular complexity index is 1360. The number of ether oxygens (including phenoxy) is 1. The molecule has 0 unspecified atom stereocenters. The van der Waals surface area contributed by atoms with Crippen LogP contribution < -0.4 is 10.4 Å². The van der Waals surface area contributed by atoms with Crippen LogP contribution in [0.1, 0.15) is 0 Å². The molecule has 2 heterocycles. The van der Waals surface area contributed by atoms with Crippen molar-refractivity contribution in [2.45, 2.75) is 0 Å². The van der Waals surface area contributed by atoms with E-state index in [1.54, 1.807) is 19.4 Å². The molecule has 0 saturated carbocycles. The van der Waals surface area contributed by atoms with Crippen LogP contribution >= 0.6 is 0 Å². The summed E-state index contributed by atoms with van der Waals surface area (Å²) < 4.78 is 16.6. The van der Waals surface area contributed by atoms with Gasteiger partial charge >= 0.3 is 5.63 Å². The predicted octanol–water partition coefficient (Wildman–Crippen LogP) is 5.88. The van der Waals surface area contributed by atoms with Gasteiger partial charge in [-0.3, -0.25) is 0 Å². The molecule has 0 aliphatic carbocycles. The summed E-state index contributed by atoms with van der Waals surface area (Å²) in [5, 5.41) is 1.80. The normalized spacial score (nSPS) is 11.2. The van der Waals surface area contributed by atoms with Crippen molar-refractivity contribution in [3.05, 3.63) is 89.5 Å². The van der Waals surface area contributed by atoms with Crippen LogP contribution in [0.3, 0.4) is 0 Å². The molecule has 5 rings (SSSR count). The monoisotopic (exact) mass is 368 g/mol. The summed E-state index contributed by atoms with van der Waals surface area (Å²) in [6.07, 6.45) is 1.72. The predicted molar refractivity (Wildman–Crippen MR) is 110 cm³/mol. The van der Waals surface area contributed by atoms with Gasteiger partial charge in [0.15, 0.2) is 0 Å². The van der Waals surface area contributed by atoms with Crippen LogP contribution in [-0.4, -0.2) is 7.11 Å². The highest BCUT2D eigenvalue weighted by molar-refractivity contribution is 6.02. The SMILES string of the molecule is COc1cccc(-c2coc3cc4oc(=O)c(-c5ccccc5)cc4cc23)c1. The number of methoxy groups -OCH3 is 1. The summed E-state index contributed by atoms with van der Waals surface area (Å²) in [4.78, 5) is 12.5. The third-order valence-corrected chi connectivity index (χ3v) is 4.89. The van der Waals surface area contributed by atoms with Crippen molar-refractivity contribution < 1.29 is 13.6 Å². The van der Waals surface area contributed by atoms with Gasteiger partial charge in [-0.2, -0.15) is 0 Å². The molecule has 0 aliphatic rings. The van der Waals surface area contributed by atoms with E-state index in [4.69, 9.17) is 13.6 Å². The Hall–Kier alpha value is -3.79. The highest BCUT2D eigenvalue weighted by Gasteiger charge is 2.13. The Morgan fingerprint density at radius 1 is 0.786 bits per heavy atom. The van der Waals surface area contributed by atoms with E-state index in [1.165, 1.54) is 0 Å². The topological polar surface area (TPSA) is 52.6 Å². The molecule has 4 nitrogen and oxygen atoms in total. The molecular formula is C24H16O4. The number of fused-ring (bicyclic) bond motifs is 2. The minimum absolute atomic E-state index is 0.363. The summed E-state index contributed by atoms with van der Waals surface area (Å²) >= 11 is 0. The molecule has 136 valence electrons. The zero-order valence-corrected chi connectivity index (χ0v) is 15.1. The summed E-state index contributed by atoms with van der Waals surface area (Å²) in [5.74, 6) is 0.782. The molecule has 2 aromatic heterocycles. The second-order valence-electron chi connectivity index (χ2n) is 6.58. The van der Waals surface area contributed by atoms with Crippen LogP contribution in [0.5, 0.6) is 5.75 Å². The molecule has 0 spiro atoms. The van der Waals surface area contributed by atoms with Crippen molar-refractivity contribution in [1.29, 1.82) is 0 Å². The summed E-state index contributed by atoms with van der Waals surface area (Å²) in [6, 6.07) is 23.0. The van der Waals surface area contributed by atoms with Crippen molar-refractivity contribution in [2.24, 2.45) is 0 Å². The van der Waals surface area contributed by atoms with Gasteiger partial charge in [-0.1, -0.05) is 42.5 Å². The number of hydrogen-bond acceptors (Lipinski definition) is 4. The molecule has 0 amide bonds. The van der Waals surface area contributed by atoms with Crippen LogP contribution in [0.2, 0.25) is 0 Å². The first kappa shape index (κ1) is 16.4. The van der Waals surface area contributed by atoms with E-state index in [0.717, 1.165) is 33.2 Å². The van der Waals surface area contributed by atoms with Crippen molar-refractivity contribution >= 4 is 21.9 Å². The molecule has 0 bridgehead atoms. The van der Waals surface area contributed by atoms with E-state index in [1.807, 2.05) is 66.7 Å². The van der Waals surface area contributed by atoms with E-state index in [0.29, 0.717) is 16.7 Å². The highest BCUT2D eigenvalue weighted by atomic mass is 16.5. The first-order chi connectivity index (χ1) is 13.7. The van der Waals surface area contributed by atoms with Gasteiger partial charge in [-0.15, -0.1) is 0 Å². The van der Waals surface area contributed by atoms with Gasteiger partial charge < -0.3 is 13.6 Å². The zero-order valence-electron chi connectivity index (χ0n) is 15.1. The maximum absolute atomic E-state index is 12.5. The molecule has 0 aliphatic heterocycles. The minimum Gasteiger partial charge on any atom is -0.497 e. The van der Waals surface area contributed by atoms with E-state index in [2.05, 4.69) is 0 Å². The van der Waals surface area contributed by atoms with Gasteiger partial charge in [-0.25, -0.2) is 4.79 Å². The highest BCUT2D eigenvalue weighted by Crippen LogP contribution is 2.35. The quantitative estimate of drug-likeness (QED) is 0.373. The Labute approximate surface area is 160 Å². The molecule has 5 aromatic rings. The van der Waals surface area contributed by atoms with Gasteiger partial charge in [-0.05, 0) is 35.4 Å². The van der Waals surface area contributed by atoms with Crippen LogP contribution in [0.4, 0.5) is 0 Å². The second-order valence-corrected chi connectivity index (χ2v) is 6.58. The fraction of sp³-hybridized carbons (Fsp3) is 0.0417.